The average Bonchev–Trinajstić information content (AvgIpc) is 2.53. The van der Waals surface area contributed by atoms with Crippen molar-refractivity contribution in [3.63, 3.8) is 0 Å². The van der Waals surface area contributed by atoms with E-state index in [2.05, 4.69) is 0 Å². The first kappa shape index (κ1) is 11.2. The molecule has 1 saturated heterocycles. The summed E-state index contributed by atoms with van der Waals surface area (Å²) in [5.41, 5.74) is 0. The van der Waals surface area contributed by atoms with E-state index in [4.69, 9.17) is 0 Å². The number of hydrogen-bond donors (Lipinski definition) is 0. The fourth-order valence-electron chi connectivity index (χ4n) is 1.73. The summed E-state index contributed by atoms with van der Waals surface area (Å²) in [5.74, 6) is 0.756. The molecule has 1 aliphatic heterocycles. The van der Waals surface area contributed by atoms with E-state index in [9.17, 15) is 9.59 Å². The lowest BCUT2D eigenvalue weighted by atomic mass is 10.00. The van der Waals surface area contributed by atoms with Crippen molar-refractivity contribution in [3.8, 4) is 0 Å². The Hall–Kier alpha value is -0.860. The quantitative estimate of drug-likeness (QED) is 0.593. The number of amides is 1. The molecule has 0 aromatic rings. The fourth-order valence-corrected chi connectivity index (χ4v) is 1.73. The fraction of sp³-hybridized carbons (Fsp3) is 0.818. The summed E-state index contributed by atoms with van der Waals surface area (Å²) < 4.78 is 0. The monoisotopic (exact) mass is 197 g/mol. The van der Waals surface area contributed by atoms with Gasteiger partial charge in [-0.15, -0.1) is 0 Å². The van der Waals surface area contributed by atoms with Crippen LogP contribution in [-0.2, 0) is 9.59 Å². The molecule has 0 aromatic heterocycles. The van der Waals surface area contributed by atoms with Gasteiger partial charge in [0.25, 0.3) is 0 Å². The van der Waals surface area contributed by atoms with E-state index >= 15 is 0 Å². The molecule has 1 amide bonds. The first-order chi connectivity index (χ1) is 6.70. The molecule has 2 fully saturated rings. The van der Waals surface area contributed by atoms with Crippen molar-refractivity contribution < 1.29 is 9.59 Å². The maximum Gasteiger partial charge on any atom is 0.222 e. The van der Waals surface area contributed by atoms with Gasteiger partial charge in [0, 0.05) is 32.9 Å². The zero-order valence-electron chi connectivity index (χ0n) is 8.92. The molecular formula is C11H19NO2. The van der Waals surface area contributed by atoms with Crippen LogP contribution in [0.4, 0.5) is 0 Å². The molecule has 1 heterocycles. The number of ketones is 1. The minimum absolute atomic E-state index is 0.292. The van der Waals surface area contributed by atoms with Crippen molar-refractivity contribution in [1.82, 2.24) is 4.90 Å². The minimum atomic E-state index is 0.292. The molecule has 3 nitrogen and oxygen atoms in total. The highest BCUT2D eigenvalue weighted by molar-refractivity contribution is 5.78. The molecule has 14 heavy (non-hydrogen) atoms. The molecule has 0 spiro atoms. The largest absolute Gasteiger partial charge is 0.346 e. The molecule has 0 radical (unpaired) electrons. The van der Waals surface area contributed by atoms with Gasteiger partial charge in [-0.25, -0.2) is 0 Å². The van der Waals surface area contributed by atoms with Gasteiger partial charge in [0.15, 0.2) is 0 Å². The molecule has 0 bridgehead atoms. The molecule has 1 aliphatic carbocycles. The van der Waals surface area contributed by atoms with E-state index in [0.29, 0.717) is 11.7 Å². The summed E-state index contributed by atoms with van der Waals surface area (Å²) in [6.45, 7) is 0.957. The van der Waals surface area contributed by atoms with Gasteiger partial charge in [0.1, 0.15) is 5.78 Å². The number of Topliss-reactive ketones (excluding diaryl/α,β-unsaturated/α-hetero) is 1. The van der Waals surface area contributed by atoms with Crippen LogP contribution < -0.4 is 0 Å². The molecule has 0 N–H and O–H groups in total. The molecule has 1 saturated carbocycles. The van der Waals surface area contributed by atoms with E-state index in [-0.39, 0.29) is 0 Å². The first-order valence-electron chi connectivity index (χ1n) is 5.46. The van der Waals surface area contributed by atoms with Crippen molar-refractivity contribution >= 4 is 11.7 Å². The molecule has 0 atom stereocenters. The van der Waals surface area contributed by atoms with Gasteiger partial charge in [-0.2, -0.15) is 0 Å². The summed E-state index contributed by atoms with van der Waals surface area (Å²) in [5, 5.41) is 0. The van der Waals surface area contributed by atoms with Crippen LogP contribution in [0.15, 0.2) is 0 Å². The van der Waals surface area contributed by atoms with Crippen molar-refractivity contribution in [1.29, 1.82) is 0 Å². The molecule has 2 aliphatic rings. The molecule has 80 valence electrons. The molecule has 3 heteroatoms. The standard InChI is InChI=1S/C6H10O.C5H9NO/c7-6-4-2-1-3-5-6;1-6-4-2-3-5(6)7/h1-5H2;2-4H2,1H3. The zero-order chi connectivity index (χ0) is 10.4. The second kappa shape index (κ2) is 5.78. The molecule has 2 rings (SSSR count). The normalized spacial score (nSPS) is 21.9. The highest BCUT2D eigenvalue weighted by Crippen LogP contribution is 2.12. The van der Waals surface area contributed by atoms with Gasteiger partial charge < -0.3 is 4.90 Å². The van der Waals surface area contributed by atoms with Crippen molar-refractivity contribution in [2.45, 2.75) is 44.9 Å². The maximum atomic E-state index is 10.5. The van der Waals surface area contributed by atoms with Gasteiger partial charge in [0.05, 0.1) is 0 Å². The Bertz CT molecular complexity index is 205. The van der Waals surface area contributed by atoms with Gasteiger partial charge in [-0.05, 0) is 19.3 Å². The van der Waals surface area contributed by atoms with E-state index in [0.717, 1.165) is 45.1 Å². The van der Waals surface area contributed by atoms with E-state index in [1.54, 1.807) is 4.90 Å². The van der Waals surface area contributed by atoms with Gasteiger partial charge in [0.2, 0.25) is 5.91 Å². The Morgan fingerprint density at radius 2 is 1.57 bits per heavy atom. The molecular weight excluding hydrogens is 178 g/mol. The number of carbonyl (C=O) groups is 2. The first-order valence-corrected chi connectivity index (χ1v) is 5.46. The highest BCUT2D eigenvalue weighted by atomic mass is 16.2. The average molecular weight is 197 g/mol. The van der Waals surface area contributed by atoms with Crippen LogP contribution >= 0.6 is 0 Å². The molecule has 0 unspecified atom stereocenters. The Kier molecular flexibility index (Phi) is 4.63. The van der Waals surface area contributed by atoms with Crippen LogP contribution in [0.3, 0.4) is 0 Å². The number of likely N-dealkylation sites (tertiary alicyclic amines) is 1. The Balaban J connectivity index is 0.000000140. The third-order valence-electron chi connectivity index (χ3n) is 2.72. The predicted molar refractivity (Wildman–Crippen MR) is 55.0 cm³/mol. The van der Waals surface area contributed by atoms with Crippen LogP contribution in [0, 0.1) is 0 Å². The summed E-state index contributed by atoms with van der Waals surface area (Å²) in [4.78, 5) is 22.7. The Morgan fingerprint density at radius 1 is 0.929 bits per heavy atom. The van der Waals surface area contributed by atoms with Crippen molar-refractivity contribution in [2.24, 2.45) is 0 Å². The number of carbonyl (C=O) groups excluding carboxylic acids is 2. The van der Waals surface area contributed by atoms with Crippen LogP contribution in [0.5, 0.6) is 0 Å². The zero-order valence-corrected chi connectivity index (χ0v) is 8.92. The lowest BCUT2D eigenvalue weighted by molar-refractivity contribution is -0.126. The van der Waals surface area contributed by atoms with E-state index < -0.39 is 0 Å². The van der Waals surface area contributed by atoms with Crippen LogP contribution in [0.2, 0.25) is 0 Å². The van der Waals surface area contributed by atoms with Crippen LogP contribution in [0.25, 0.3) is 0 Å². The van der Waals surface area contributed by atoms with Gasteiger partial charge in [-0.1, -0.05) is 6.42 Å². The summed E-state index contributed by atoms with van der Waals surface area (Å²) in [6, 6.07) is 0. The third-order valence-corrected chi connectivity index (χ3v) is 2.72. The molecule has 0 aromatic carbocycles. The Labute approximate surface area is 85.5 Å². The second-order valence-electron chi connectivity index (χ2n) is 4.02. The van der Waals surface area contributed by atoms with Crippen molar-refractivity contribution in [2.75, 3.05) is 13.6 Å². The minimum Gasteiger partial charge on any atom is -0.346 e. The Morgan fingerprint density at radius 3 is 1.79 bits per heavy atom. The van der Waals surface area contributed by atoms with Gasteiger partial charge in [-0.3, -0.25) is 9.59 Å². The maximum absolute atomic E-state index is 10.5. The third kappa shape index (κ3) is 3.90. The number of nitrogens with zero attached hydrogens (tertiary/aromatic N) is 1. The highest BCUT2D eigenvalue weighted by Gasteiger charge is 2.14. The SMILES string of the molecule is CN1CCCC1=O.O=C1CCCCC1. The lowest BCUT2D eigenvalue weighted by Crippen LogP contribution is -2.17. The van der Waals surface area contributed by atoms with Crippen LogP contribution in [-0.4, -0.2) is 30.2 Å². The summed E-state index contributed by atoms with van der Waals surface area (Å²) >= 11 is 0. The van der Waals surface area contributed by atoms with Crippen LogP contribution in [0.1, 0.15) is 44.9 Å². The summed E-state index contributed by atoms with van der Waals surface area (Å²) in [7, 11) is 1.84. The summed E-state index contributed by atoms with van der Waals surface area (Å²) in [6.07, 6.45) is 7.05. The smallest absolute Gasteiger partial charge is 0.222 e. The number of hydrogen-bond acceptors (Lipinski definition) is 2. The lowest BCUT2D eigenvalue weighted by Gasteiger charge is -2.05. The number of rotatable bonds is 0. The van der Waals surface area contributed by atoms with Crippen molar-refractivity contribution in [3.05, 3.63) is 0 Å². The second-order valence-corrected chi connectivity index (χ2v) is 4.02. The predicted octanol–water partition coefficient (Wildman–Crippen LogP) is 1.76. The van der Waals surface area contributed by atoms with E-state index in [1.807, 2.05) is 7.05 Å². The van der Waals surface area contributed by atoms with Gasteiger partial charge >= 0.3 is 0 Å². The van der Waals surface area contributed by atoms with E-state index in [1.165, 1.54) is 6.42 Å². The topological polar surface area (TPSA) is 37.4 Å².